The Kier molecular flexibility index (Phi) is 5.34. The van der Waals surface area contributed by atoms with Crippen LogP contribution in [-0.2, 0) is 10.0 Å². The van der Waals surface area contributed by atoms with Crippen molar-refractivity contribution in [3.63, 3.8) is 0 Å². The Balaban J connectivity index is 3.01. The van der Waals surface area contributed by atoms with Gasteiger partial charge in [0, 0.05) is 18.3 Å². The number of nitrogens with one attached hydrogen (secondary N) is 1. The fraction of sp³-hybridized carbons (Fsp3) is 0.538. The summed E-state index contributed by atoms with van der Waals surface area (Å²) in [7, 11) is -3.58. The Morgan fingerprint density at radius 2 is 2.00 bits per heavy atom. The molecule has 0 saturated heterocycles. The highest BCUT2D eigenvalue weighted by Crippen LogP contribution is 2.23. The van der Waals surface area contributed by atoms with Gasteiger partial charge in [-0.15, -0.1) is 0 Å². The smallest absolute Gasteiger partial charge is 0.241 e. The molecule has 5 nitrogen and oxygen atoms in total. The molecule has 0 aliphatic heterocycles. The highest BCUT2D eigenvalue weighted by Gasteiger charge is 2.20. The molecule has 6 heteroatoms. The van der Waals surface area contributed by atoms with Gasteiger partial charge >= 0.3 is 0 Å². The van der Waals surface area contributed by atoms with E-state index in [2.05, 4.69) is 4.72 Å². The van der Waals surface area contributed by atoms with Crippen LogP contribution in [0, 0.1) is 13.8 Å². The van der Waals surface area contributed by atoms with Crippen LogP contribution in [0.25, 0.3) is 0 Å². The number of nitrogens with two attached hydrogens (primary N) is 1. The van der Waals surface area contributed by atoms with Crippen LogP contribution >= 0.6 is 0 Å². The summed E-state index contributed by atoms with van der Waals surface area (Å²) in [5, 5.41) is 8.75. The number of benzene rings is 1. The molecule has 0 radical (unpaired) electrons. The molecule has 0 heterocycles. The molecule has 1 unspecified atom stereocenters. The van der Waals surface area contributed by atoms with E-state index in [-0.39, 0.29) is 17.5 Å². The molecule has 1 rings (SSSR count). The first-order chi connectivity index (χ1) is 8.77. The molecule has 0 amide bonds. The zero-order valence-corrected chi connectivity index (χ0v) is 12.4. The maximum absolute atomic E-state index is 12.3. The zero-order chi connectivity index (χ0) is 14.6. The molecule has 1 atom stereocenters. The molecular formula is C13H22N2O3S. The third-order valence-corrected chi connectivity index (χ3v) is 4.70. The zero-order valence-electron chi connectivity index (χ0n) is 11.6. The summed E-state index contributed by atoms with van der Waals surface area (Å²) >= 11 is 0. The van der Waals surface area contributed by atoms with Crippen molar-refractivity contribution in [3.05, 3.63) is 23.3 Å². The van der Waals surface area contributed by atoms with Crippen molar-refractivity contribution in [1.82, 2.24) is 4.72 Å². The molecule has 19 heavy (non-hydrogen) atoms. The van der Waals surface area contributed by atoms with Gasteiger partial charge in [0.2, 0.25) is 10.0 Å². The van der Waals surface area contributed by atoms with Gasteiger partial charge in [-0.3, -0.25) is 0 Å². The summed E-state index contributed by atoms with van der Waals surface area (Å²) in [5.41, 5.74) is 7.65. The minimum absolute atomic E-state index is 0.0580. The molecule has 0 aliphatic rings. The third kappa shape index (κ3) is 4.19. The molecule has 0 bridgehead atoms. The summed E-state index contributed by atoms with van der Waals surface area (Å²) in [5.74, 6) is 0. The lowest BCUT2D eigenvalue weighted by Crippen LogP contribution is -2.33. The molecule has 1 aromatic carbocycles. The van der Waals surface area contributed by atoms with Crippen molar-refractivity contribution in [2.24, 2.45) is 0 Å². The van der Waals surface area contributed by atoms with Crippen molar-refractivity contribution in [2.75, 3.05) is 12.3 Å². The van der Waals surface area contributed by atoms with Crippen molar-refractivity contribution >= 4 is 15.7 Å². The highest BCUT2D eigenvalue weighted by molar-refractivity contribution is 7.89. The van der Waals surface area contributed by atoms with Gasteiger partial charge in [0.25, 0.3) is 0 Å². The summed E-state index contributed by atoms with van der Waals surface area (Å²) in [6.07, 6.45) is 1.16. The largest absolute Gasteiger partial charge is 0.398 e. The number of hydrogen-bond acceptors (Lipinski definition) is 4. The van der Waals surface area contributed by atoms with Crippen molar-refractivity contribution in [2.45, 2.75) is 44.6 Å². The van der Waals surface area contributed by atoms with Crippen LogP contribution in [0.5, 0.6) is 0 Å². The third-order valence-electron chi connectivity index (χ3n) is 2.99. The first-order valence-electron chi connectivity index (χ1n) is 6.28. The number of hydrogen-bond donors (Lipinski definition) is 3. The first kappa shape index (κ1) is 15.9. The number of aliphatic hydroxyl groups is 1. The van der Waals surface area contributed by atoms with Gasteiger partial charge in [0.1, 0.15) is 0 Å². The van der Waals surface area contributed by atoms with E-state index in [0.717, 1.165) is 5.56 Å². The first-order valence-corrected chi connectivity index (χ1v) is 7.76. The number of nitrogen functional groups attached to an aromatic ring is 1. The fourth-order valence-corrected chi connectivity index (χ4v) is 3.55. The second kappa shape index (κ2) is 6.36. The molecular weight excluding hydrogens is 264 g/mol. The lowest BCUT2D eigenvalue weighted by atomic mass is 10.1. The van der Waals surface area contributed by atoms with E-state index in [1.165, 1.54) is 0 Å². The lowest BCUT2D eigenvalue weighted by Gasteiger charge is -2.16. The molecule has 0 aliphatic carbocycles. The van der Waals surface area contributed by atoms with Gasteiger partial charge in [-0.25, -0.2) is 13.1 Å². The van der Waals surface area contributed by atoms with Crippen LogP contribution in [0.2, 0.25) is 0 Å². The molecule has 0 fully saturated rings. The van der Waals surface area contributed by atoms with Gasteiger partial charge in [0.05, 0.1) is 4.90 Å². The summed E-state index contributed by atoms with van der Waals surface area (Å²) in [6, 6.07) is 3.15. The second-order valence-corrected chi connectivity index (χ2v) is 6.55. The highest BCUT2D eigenvalue weighted by atomic mass is 32.2. The topological polar surface area (TPSA) is 92.4 Å². The Morgan fingerprint density at radius 3 is 2.58 bits per heavy atom. The quantitative estimate of drug-likeness (QED) is 0.688. The Morgan fingerprint density at radius 1 is 1.37 bits per heavy atom. The van der Waals surface area contributed by atoms with E-state index in [9.17, 15) is 8.42 Å². The normalized spacial score (nSPS) is 13.5. The number of sulfonamides is 1. The predicted molar refractivity (Wildman–Crippen MR) is 76.4 cm³/mol. The Hall–Kier alpha value is -1.11. The van der Waals surface area contributed by atoms with E-state index < -0.39 is 10.0 Å². The maximum atomic E-state index is 12.3. The lowest BCUT2D eigenvalue weighted by molar-refractivity contribution is 0.279. The van der Waals surface area contributed by atoms with Crippen LogP contribution in [0.4, 0.5) is 5.69 Å². The average molecular weight is 286 g/mol. The van der Waals surface area contributed by atoms with E-state index >= 15 is 0 Å². The van der Waals surface area contributed by atoms with E-state index in [0.29, 0.717) is 24.1 Å². The van der Waals surface area contributed by atoms with Crippen LogP contribution in [-0.4, -0.2) is 26.2 Å². The maximum Gasteiger partial charge on any atom is 0.241 e. The van der Waals surface area contributed by atoms with Crippen LogP contribution < -0.4 is 10.5 Å². The van der Waals surface area contributed by atoms with Crippen molar-refractivity contribution < 1.29 is 13.5 Å². The molecule has 108 valence electrons. The Labute approximate surface area is 114 Å². The number of anilines is 1. The van der Waals surface area contributed by atoms with Gasteiger partial charge in [-0.05, 0) is 56.9 Å². The number of aliphatic hydroxyl groups excluding tert-OH is 1. The molecule has 1 aromatic rings. The van der Waals surface area contributed by atoms with Gasteiger partial charge in [0.15, 0.2) is 0 Å². The van der Waals surface area contributed by atoms with E-state index in [1.807, 2.05) is 6.92 Å². The molecule has 0 saturated carbocycles. The van der Waals surface area contributed by atoms with Gasteiger partial charge in [-0.1, -0.05) is 0 Å². The number of aryl methyl sites for hydroxylation is 1. The summed E-state index contributed by atoms with van der Waals surface area (Å²) in [4.78, 5) is 0.223. The molecule has 0 aromatic heterocycles. The molecule has 4 N–H and O–H groups in total. The van der Waals surface area contributed by atoms with E-state index in [1.54, 1.807) is 26.0 Å². The summed E-state index contributed by atoms with van der Waals surface area (Å²) in [6.45, 7) is 5.34. The minimum Gasteiger partial charge on any atom is -0.398 e. The van der Waals surface area contributed by atoms with Crippen LogP contribution in [0.3, 0.4) is 0 Å². The number of rotatable bonds is 6. The molecule has 0 spiro atoms. The van der Waals surface area contributed by atoms with Crippen molar-refractivity contribution in [3.8, 4) is 0 Å². The Bertz CT molecular complexity index is 541. The van der Waals surface area contributed by atoms with Gasteiger partial charge in [-0.2, -0.15) is 0 Å². The van der Waals surface area contributed by atoms with Crippen LogP contribution in [0.15, 0.2) is 17.0 Å². The minimum atomic E-state index is -3.58. The SMILES string of the molecule is Cc1cc(N)c(C)c(S(=O)(=O)NC(C)CCCO)c1. The standard InChI is InChI=1S/C13H22N2O3S/c1-9-7-12(14)11(3)13(8-9)19(17,18)15-10(2)5-4-6-16/h7-8,10,15-16H,4-6,14H2,1-3H3. The predicted octanol–water partition coefficient (Wildman–Crippen LogP) is 1.32. The van der Waals surface area contributed by atoms with Crippen LogP contribution in [0.1, 0.15) is 30.9 Å². The monoisotopic (exact) mass is 286 g/mol. The fourth-order valence-electron chi connectivity index (χ4n) is 1.92. The van der Waals surface area contributed by atoms with Crippen molar-refractivity contribution in [1.29, 1.82) is 0 Å². The van der Waals surface area contributed by atoms with Gasteiger partial charge < -0.3 is 10.8 Å². The second-order valence-electron chi connectivity index (χ2n) is 4.87. The van der Waals surface area contributed by atoms with E-state index in [4.69, 9.17) is 10.8 Å². The average Bonchev–Trinajstić information content (AvgIpc) is 2.30. The summed E-state index contributed by atoms with van der Waals surface area (Å²) < 4.78 is 27.2.